The molecule has 5 heteroatoms. The number of nitrogens with one attached hydrogen (secondary N) is 1. The third-order valence-corrected chi connectivity index (χ3v) is 1.99. The first-order valence-corrected chi connectivity index (χ1v) is 4.50. The molecule has 0 bridgehead atoms. The minimum absolute atomic E-state index is 0.179. The van der Waals surface area contributed by atoms with E-state index in [1.807, 2.05) is 12.1 Å². The highest BCUT2D eigenvalue weighted by molar-refractivity contribution is 5.42. The Morgan fingerprint density at radius 1 is 1.40 bits per heavy atom. The third-order valence-electron chi connectivity index (χ3n) is 1.99. The molecule has 2 rings (SSSR count). The number of nitrogens with two attached hydrogens (primary N) is 1. The van der Waals surface area contributed by atoms with Crippen LogP contribution in [-0.4, -0.2) is 0 Å². The van der Waals surface area contributed by atoms with Crippen molar-refractivity contribution in [2.75, 3.05) is 11.1 Å². The van der Waals surface area contributed by atoms with Crippen LogP contribution in [0.2, 0.25) is 0 Å². The van der Waals surface area contributed by atoms with Crippen molar-refractivity contribution in [3.63, 3.8) is 0 Å². The van der Waals surface area contributed by atoms with E-state index in [2.05, 4.69) is 5.32 Å². The summed E-state index contributed by atoms with van der Waals surface area (Å²) >= 11 is 0. The van der Waals surface area contributed by atoms with E-state index in [0.717, 1.165) is 5.76 Å². The molecule has 0 saturated heterocycles. The number of hydrogen-bond acceptors (Lipinski definition) is 4. The van der Waals surface area contributed by atoms with Crippen molar-refractivity contribution >= 4 is 11.5 Å². The molecular formula is C10H11N3O2. The topological polar surface area (TPSA) is 78.1 Å². The highest BCUT2D eigenvalue weighted by Gasteiger charge is 2.00. The van der Waals surface area contributed by atoms with Crippen LogP contribution in [0.5, 0.6) is 0 Å². The zero-order valence-corrected chi connectivity index (χ0v) is 8.01. The average molecular weight is 205 g/mol. The van der Waals surface area contributed by atoms with Crippen LogP contribution in [0.25, 0.3) is 0 Å². The molecule has 0 radical (unpaired) electrons. The van der Waals surface area contributed by atoms with Gasteiger partial charge in [0, 0.05) is 6.07 Å². The van der Waals surface area contributed by atoms with Gasteiger partial charge in [-0.3, -0.25) is 5.73 Å². The molecular weight excluding hydrogens is 194 g/mol. The molecule has 2 aromatic heterocycles. The molecule has 0 aromatic carbocycles. The molecule has 0 amide bonds. The fourth-order valence-corrected chi connectivity index (χ4v) is 1.20. The lowest BCUT2D eigenvalue weighted by Gasteiger charge is -2.08. The highest BCUT2D eigenvalue weighted by atomic mass is 16.5. The minimum Gasteiger partial charge on any atom is -0.711 e. The van der Waals surface area contributed by atoms with Crippen molar-refractivity contribution in [2.45, 2.75) is 6.54 Å². The van der Waals surface area contributed by atoms with Crippen LogP contribution in [0, 0.1) is 5.21 Å². The summed E-state index contributed by atoms with van der Waals surface area (Å²) in [6, 6.07) is 6.97. The molecule has 3 N–H and O–H groups in total. The van der Waals surface area contributed by atoms with Gasteiger partial charge in [-0.15, -0.1) is 0 Å². The normalized spacial score (nSPS) is 10.1. The summed E-state index contributed by atoms with van der Waals surface area (Å²) in [5.74, 6) is 0.989. The van der Waals surface area contributed by atoms with Gasteiger partial charge in [0.15, 0.2) is 0 Å². The summed E-state index contributed by atoms with van der Waals surface area (Å²) in [4.78, 5) is 0. The molecule has 5 nitrogen and oxygen atoms in total. The van der Waals surface area contributed by atoms with E-state index in [0.29, 0.717) is 17.0 Å². The molecule has 0 aliphatic carbocycles. The zero-order valence-electron chi connectivity index (χ0n) is 8.01. The van der Waals surface area contributed by atoms with Crippen LogP contribution in [-0.2, 0) is 6.54 Å². The second kappa shape index (κ2) is 3.91. The van der Waals surface area contributed by atoms with Gasteiger partial charge in [0.1, 0.15) is 12.0 Å². The van der Waals surface area contributed by atoms with E-state index < -0.39 is 0 Å². The molecule has 0 spiro atoms. The number of aromatic nitrogens is 1. The Balaban J connectivity index is 2.02. The molecule has 0 saturated carbocycles. The van der Waals surface area contributed by atoms with Gasteiger partial charge in [-0.2, -0.15) is 0 Å². The monoisotopic (exact) mass is 205 g/mol. The van der Waals surface area contributed by atoms with Gasteiger partial charge >= 0.3 is 0 Å². The van der Waals surface area contributed by atoms with Gasteiger partial charge in [0.2, 0.25) is 0 Å². The van der Waals surface area contributed by atoms with Gasteiger partial charge in [-0.05, 0) is 18.2 Å². The Morgan fingerprint density at radius 3 is 2.93 bits per heavy atom. The highest BCUT2D eigenvalue weighted by Crippen LogP contribution is 2.08. The van der Waals surface area contributed by atoms with Crippen molar-refractivity contribution in [1.82, 2.24) is 0 Å². The van der Waals surface area contributed by atoms with Crippen molar-refractivity contribution in [3.05, 3.63) is 47.7 Å². The lowest BCUT2D eigenvalue weighted by molar-refractivity contribution is -0.589. The van der Waals surface area contributed by atoms with Gasteiger partial charge in [-0.25, -0.2) is 4.73 Å². The third kappa shape index (κ3) is 2.19. The molecule has 2 heterocycles. The summed E-state index contributed by atoms with van der Waals surface area (Å²) in [7, 11) is 0. The van der Waals surface area contributed by atoms with Crippen LogP contribution < -0.4 is 15.8 Å². The smallest absolute Gasteiger partial charge is 0.275 e. The maximum Gasteiger partial charge on any atom is 0.275 e. The van der Waals surface area contributed by atoms with Crippen molar-refractivity contribution < 1.29 is 9.15 Å². The van der Waals surface area contributed by atoms with Crippen molar-refractivity contribution in [1.29, 1.82) is 0 Å². The van der Waals surface area contributed by atoms with E-state index in [4.69, 9.17) is 10.2 Å². The Bertz CT molecular complexity index is 440. The van der Waals surface area contributed by atoms with E-state index in [1.54, 1.807) is 18.4 Å². The molecule has 78 valence electrons. The Hall–Kier alpha value is -2.17. The van der Waals surface area contributed by atoms with Crippen LogP contribution in [0.3, 0.4) is 0 Å². The number of nitrogens with zero attached hydrogens (tertiary/aromatic N) is 1. The molecule has 0 fully saturated rings. The maximum atomic E-state index is 11.1. The zero-order chi connectivity index (χ0) is 10.7. The van der Waals surface area contributed by atoms with E-state index >= 15 is 0 Å². The maximum absolute atomic E-state index is 11.1. The number of nitrogen functional groups attached to an aromatic ring is 1. The lowest BCUT2D eigenvalue weighted by atomic mass is 10.4. The second-order valence-corrected chi connectivity index (χ2v) is 3.10. The number of hydrogen-bond donors (Lipinski definition) is 2. The first-order chi connectivity index (χ1) is 7.25. The molecule has 0 aliphatic rings. The van der Waals surface area contributed by atoms with E-state index in [-0.39, 0.29) is 5.82 Å². The fraction of sp³-hybridized carbons (Fsp3) is 0.100. The Labute approximate surface area is 86.7 Å². The summed E-state index contributed by atoms with van der Waals surface area (Å²) in [5.41, 5.74) is 6.09. The number of rotatable bonds is 3. The molecule has 2 aromatic rings. The van der Waals surface area contributed by atoms with Crippen LogP contribution in [0.15, 0.2) is 41.1 Å². The van der Waals surface area contributed by atoms with Gasteiger partial charge in [0.25, 0.3) is 5.82 Å². The first-order valence-electron chi connectivity index (χ1n) is 4.50. The fourth-order valence-electron chi connectivity index (χ4n) is 1.20. The molecule has 0 aliphatic heterocycles. The molecule has 0 unspecified atom stereocenters. The van der Waals surface area contributed by atoms with Gasteiger partial charge < -0.3 is 14.9 Å². The predicted octanol–water partition coefficient (Wildman–Crippen LogP) is 1.11. The quantitative estimate of drug-likeness (QED) is 0.581. The number of furan rings is 1. The van der Waals surface area contributed by atoms with Gasteiger partial charge in [-0.1, -0.05) is 0 Å². The van der Waals surface area contributed by atoms with Crippen molar-refractivity contribution in [2.24, 2.45) is 0 Å². The summed E-state index contributed by atoms with van der Waals surface area (Å²) in [5, 5.41) is 14.2. The van der Waals surface area contributed by atoms with Crippen LogP contribution >= 0.6 is 0 Å². The number of pyridine rings is 1. The standard InChI is InChI=1S/C10H11N3O2/c11-10-4-3-8(7-13(10)14)12-6-9-2-1-5-15-9/h1-5,7,12H,6,11H2. The van der Waals surface area contributed by atoms with Gasteiger partial charge in [0.05, 0.1) is 18.5 Å². The average Bonchev–Trinajstić information content (AvgIpc) is 2.73. The summed E-state index contributed by atoms with van der Waals surface area (Å²) < 4.78 is 5.75. The minimum atomic E-state index is 0.179. The Kier molecular flexibility index (Phi) is 2.45. The summed E-state index contributed by atoms with van der Waals surface area (Å²) in [6.45, 7) is 0.539. The first kappa shape index (κ1) is 9.39. The van der Waals surface area contributed by atoms with Crippen LogP contribution in [0.4, 0.5) is 11.5 Å². The van der Waals surface area contributed by atoms with E-state index in [9.17, 15) is 5.21 Å². The lowest BCUT2D eigenvalue weighted by Crippen LogP contribution is -2.30. The van der Waals surface area contributed by atoms with Crippen molar-refractivity contribution in [3.8, 4) is 0 Å². The van der Waals surface area contributed by atoms with Crippen LogP contribution in [0.1, 0.15) is 5.76 Å². The van der Waals surface area contributed by atoms with E-state index in [1.165, 1.54) is 6.20 Å². The second-order valence-electron chi connectivity index (χ2n) is 3.10. The molecule has 15 heavy (non-hydrogen) atoms. The Morgan fingerprint density at radius 2 is 2.27 bits per heavy atom. The molecule has 0 atom stereocenters. The largest absolute Gasteiger partial charge is 0.711 e. The predicted molar refractivity (Wildman–Crippen MR) is 55.8 cm³/mol. The number of anilines is 2. The summed E-state index contributed by atoms with van der Waals surface area (Å²) in [6.07, 6.45) is 2.99. The SMILES string of the molecule is Nc1ccc(NCc2ccco2)c[n+]1[O-].